The summed E-state index contributed by atoms with van der Waals surface area (Å²) in [4.78, 5) is 18.3. The summed E-state index contributed by atoms with van der Waals surface area (Å²) >= 11 is 0. The van der Waals surface area contributed by atoms with Gasteiger partial charge in [-0.25, -0.2) is 0 Å². The van der Waals surface area contributed by atoms with Crippen LogP contribution >= 0.6 is 7.60 Å². The van der Waals surface area contributed by atoms with Crippen molar-refractivity contribution >= 4 is 19.0 Å². The van der Waals surface area contributed by atoms with Crippen LogP contribution in [-0.4, -0.2) is 15.1 Å². The summed E-state index contributed by atoms with van der Waals surface area (Å²) in [5.41, 5.74) is 4.47. The normalized spacial score (nSPS) is 18.2. The maximum atomic E-state index is 12.4. The molecule has 0 unspecified atom stereocenters. The van der Waals surface area contributed by atoms with Gasteiger partial charge in [0.25, 0.3) is 0 Å². The van der Waals surface area contributed by atoms with Crippen LogP contribution in [0.1, 0.15) is 18.4 Å². The van der Waals surface area contributed by atoms with E-state index in [0.29, 0.717) is 0 Å². The fraction of sp³-hybridized carbons (Fsp3) is 0.400. The molecule has 0 saturated heterocycles. The highest BCUT2D eigenvalue weighted by Gasteiger charge is 2.57. The van der Waals surface area contributed by atoms with E-state index in [0.717, 1.165) is 18.2 Å². The number of nitrogens with one attached hydrogen (secondary N) is 1. The minimum Gasteiger partial charge on any atom is -0.397 e. The maximum Gasteiger partial charge on any atom is 0.416 e. The second-order valence-corrected chi connectivity index (χ2v) is 6.44. The summed E-state index contributed by atoms with van der Waals surface area (Å²) < 4.78 is 48.6. The number of nitrogen functional groups attached to an aromatic ring is 1. The molecule has 5 N–H and O–H groups in total. The highest BCUT2D eigenvalue weighted by Crippen LogP contribution is 2.64. The van der Waals surface area contributed by atoms with Crippen LogP contribution in [0.5, 0.6) is 0 Å². The first-order valence-corrected chi connectivity index (χ1v) is 6.97. The van der Waals surface area contributed by atoms with E-state index in [9.17, 15) is 27.5 Å². The van der Waals surface area contributed by atoms with E-state index in [4.69, 9.17) is 5.73 Å². The first-order valence-electron chi connectivity index (χ1n) is 5.36. The molecule has 0 radical (unpaired) electrons. The Labute approximate surface area is 106 Å². The Balaban J connectivity index is 2.27. The van der Waals surface area contributed by atoms with Crippen LogP contribution in [0.25, 0.3) is 0 Å². The molecule has 9 heteroatoms. The number of hydrogen-bond acceptors (Lipinski definition) is 3. The number of anilines is 2. The summed E-state index contributed by atoms with van der Waals surface area (Å²) in [7, 11) is -4.38. The zero-order chi connectivity index (χ0) is 14.5. The number of nitrogens with two attached hydrogens (primary N) is 1. The number of halogens is 3. The lowest BCUT2D eigenvalue weighted by Gasteiger charge is -2.21. The lowest BCUT2D eigenvalue weighted by molar-refractivity contribution is -0.137. The molecule has 1 fully saturated rings. The maximum absolute atomic E-state index is 12.4. The molecule has 0 heterocycles. The Morgan fingerprint density at radius 2 is 1.89 bits per heavy atom. The van der Waals surface area contributed by atoms with Gasteiger partial charge in [-0.3, -0.25) is 4.57 Å². The molecule has 1 aromatic rings. The molecule has 0 aliphatic heterocycles. The third kappa shape index (κ3) is 2.70. The minimum atomic E-state index is -4.51. The Kier molecular flexibility index (Phi) is 3.08. The van der Waals surface area contributed by atoms with E-state index in [2.05, 4.69) is 5.32 Å². The molecule has 1 aliphatic carbocycles. The quantitative estimate of drug-likeness (QED) is 0.507. The summed E-state index contributed by atoms with van der Waals surface area (Å²) in [5.74, 6) is 0. The van der Waals surface area contributed by atoms with Gasteiger partial charge in [0.1, 0.15) is 5.28 Å². The average Bonchev–Trinajstić information content (AvgIpc) is 2.99. The summed E-state index contributed by atoms with van der Waals surface area (Å²) in [6.07, 6.45) is -4.01. The summed E-state index contributed by atoms with van der Waals surface area (Å²) in [6, 6.07) is 2.63. The Bertz CT molecular complexity index is 551. The van der Waals surface area contributed by atoms with Gasteiger partial charge in [0.15, 0.2) is 0 Å². The van der Waals surface area contributed by atoms with E-state index in [1.807, 2.05) is 0 Å². The summed E-state index contributed by atoms with van der Waals surface area (Å²) in [5, 5.41) is 1.17. The van der Waals surface area contributed by atoms with Crippen molar-refractivity contribution in [2.24, 2.45) is 0 Å². The smallest absolute Gasteiger partial charge is 0.397 e. The minimum absolute atomic E-state index is 0.0915. The van der Waals surface area contributed by atoms with Crippen LogP contribution in [0, 0.1) is 0 Å². The zero-order valence-electron chi connectivity index (χ0n) is 9.61. The molecular weight excluding hydrogens is 284 g/mol. The second-order valence-electron chi connectivity index (χ2n) is 4.50. The molecule has 0 amide bonds. The van der Waals surface area contributed by atoms with Crippen LogP contribution in [0.15, 0.2) is 18.2 Å². The van der Waals surface area contributed by atoms with Crippen LogP contribution < -0.4 is 11.1 Å². The Morgan fingerprint density at radius 1 is 1.32 bits per heavy atom. The molecule has 5 nitrogen and oxygen atoms in total. The number of hydrogen-bond donors (Lipinski definition) is 4. The van der Waals surface area contributed by atoms with Gasteiger partial charge in [0.05, 0.1) is 16.9 Å². The molecule has 1 aromatic carbocycles. The monoisotopic (exact) mass is 296 g/mol. The molecule has 2 rings (SSSR count). The SMILES string of the molecule is Nc1cc(C(F)(F)F)ccc1NC1(P(=O)(O)O)CC1. The lowest BCUT2D eigenvalue weighted by atomic mass is 10.1. The van der Waals surface area contributed by atoms with E-state index in [1.54, 1.807) is 0 Å². The molecule has 106 valence electrons. The van der Waals surface area contributed by atoms with Gasteiger partial charge in [-0.15, -0.1) is 0 Å². The van der Waals surface area contributed by atoms with Gasteiger partial charge in [-0.1, -0.05) is 0 Å². The summed E-state index contributed by atoms with van der Waals surface area (Å²) in [6.45, 7) is 0. The lowest BCUT2D eigenvalue weighted by Crippen LogP contribution is -2.22. The average molecular weight is 296 g/mol. The van der Waals surface area contributed by atoms with E-state index >= 15 is 0 Å². The highest BCUT2D eigenvalue weighted by atomic mass is 31.2. The number of alkyl halides is 3. The molecule has 19 heavy (non-hydrogen) atoms. The van der Waals surface area contributed by atoms with Crippen LogP contribution in [0.3, 0.4) is 0 Å². The van der Waals surface area contributed by atoms with E-state index in [-0.39, 0.29) is 24.2 Å². The standard InChI is InChI=1S/C10H12F3N2O3P/c11-10(12,13)6-1-2-8(7(14)5-6)15-9(3-4-9)19(16,17)18/h1-2,5,15H,3-4,14H2,(H2,16,17,18). The van der Waals surface area contributed by atoms with E-state index in [1.165, 1.54) is 0 Å². The van der Waals surface area contributed by atoms with Gasteiger partial charge in [0, 0.05) is 0 Å². The molecule has 0 atom stereocenters. The predicted octanol–water partition coefficient (Wildman–Crippen LogP) is 2.37. The first kappa shape index (κ1) is 14.2. The Hall–Kier alpha value is -1.24. The molecular formula is C10H12F3N2O3P. The van der Waals surface area contributed by atoms with Gasteiger partial charge in [-0.05, 0) is 31.0 Å². The van der Waals surface area contributed by atoms with Crippen molar-refractivity contribution in [2.75, 3.05) is 11.1 Å². The second kappa shape index (κ2) is 4.13. The largest absolute Gasteiger partial charge is 0.416 e. The number of rotatable bonds is 3. The third-order valence-corrected chi connectivity index (χ3v) is 4.70. The van der Waals surface area contributed by atoms with Crippen molar-refractivity contribution in [1.29, 1.82) is 0 Å². The highest BCUT2D eigenvalue weighted by molar-refractivity contribution is 7.54. The Morgan fingerprint density at radius 3 is 2.26 bits per heavy atom. The molecule has 0 aromatic heterocycles. The topological polar surface area (TPSA) is 95.6 Å². The van der Waals surface area contributed by atoms with Crippen molar-refractivity contribution in [3.05, 3.63) is 23.8 Å². The van der Waals surface area contributed by atoms with Gasteiger partial charge in [0.2, 0.25) is 0 Å². The molecule has 0 bridgehead atoms. The van der Waals surface area contributed by atoms with Crippen molar-refractivity contribution < 1.29 is 27.5 Å². The zero-order valence-corrected chi connectivity index (χ0v) is 10.5. The van der Waals surface area contributed by atoms with Crippen molar-refractivity contribution in [2.45, 2.75) is 24.3 Å². The number of benzene rings is 1. The van der Waals surface area contributed by atoms with Crippen LogP contribution in [-0.2, 0) is 10.7 Å². The predicted molar refractivity (Wildman–Crippen MR) is 63.5 cm³/mol. The van der Waals surface area contributed by atoms with Gasteiger partial charge >= 0.3 is 13.8 Å². The molecule has 1 aliphatic rings. The fourth-order valence-electron chi connectivity index (χ4n) is 1.71. The molecule has 1 saturated carbocycles. The van der Waals surface area contributed by atoms with Crippen LogP contribution in [0.4, 0.5) is 24.5 Å². The van der Waals surface area contributed by atoms with Crippen LogP contribution in [0.2, 0.25) is 0 Å². The third-order valence-electron chi connectivity index (χ3n) is 3.03. The molecule has 0 spiro atoms. The van der Waals surface area contributed by atoms with Crippen molar-refractivity contribution in [1.82, 2.24) is 0 Å². The first-order chi connectivity index (χ1) is 8.55. The van der Waals surface area contributed by atoms with E-state index < -0.39 is 24.6 Å². The van der Waals surface area contributed by atoms with Gasteiger partial charge in [-0.2, -0.15) is 13.2 Å². The fourth-order valence-corrected chi connectivity index (χ4v) is 2.67. The van der Waals surface area contributed by atoms with Crippen molar-refractivity contribution in [3.8, 4) is 0 Å². The van der Waals surface area contributed by atoms with Crippen molar-refractivity contribution in [3.63, 3.8) is 0 Å². The van der Waals surface area contributed by atoms with Gasteiger partial charge < -0.3 is 20.8 Å².